The zero-order chi connectivity index (χ0) is 14.7. The van der Waals surface area contributed by atoms with Gasteiger partial charge in [0, 0.05) is 10.6 Å². The van der Waals surface area contributed by atoms with E-state index in [1.807, 2.05) is 48.2 Å². The SMILES string of the molecule is N#CC(NC(=O)c1cc2c(s1)CCSC2)c1ccccc1. The molecule has 0 aliphatic carbocycles. The Morgan fingerprint density at radius 2 is 2.14 bits per heavy atom. The number of hydrogen-bond acceptors (Lipinski definition) is 4. The fourth-order valence-electron chi connectivity index (χ4n) is 2.30. The van der Waals surface area contributed by atoms with Gasteiger partial charge in [-0.25, -0.2) is 0 Å². The van der Waals surface area contributed by atoms with Gasteiger partial charge >= 0.3 is 0 Å². The first-order valence-corrected chi connectivity index (χ1v) is 8.70. The predicted molar refractivity (Wildman–Crippen MR) is 86.4 cm³/mol. The van der Waals surface area contributed by atoms with E-state index in [-0.39, 0.29) is 5.91 Å². The van der Waals surface area contributed by atoms with Crippen LogP contribution in [0.25, 0.3) is 0 Å². The standard InChI is InChI=1S/C16H14N2OS2/c17-9-13(11-4-2-1-3-5-11)18-16(19)15-8-12-10-20-7-6-14(12)21-15/h1-5,8,13H,6-7,10H2,(H,18,19). The van der Waals surface area contributed by atoms with Crippen LogP contribution in [0.1, 0.15) is 31.7 Å². The number of rotatable bonds is 3. The number of carbonyl (C=O) groups excluding carboxylic acids is 1. The molecule has 0 radical (unpaired) electrons. The van der Waals surface area contributed by atoms with Crippen molar-refractivity contribution in [2.24, 2.45) is 0 Å². The average Bonchev–Trinajstić information content (AvgIpc) is 2.97. The first kappa shape index (κ1) is 14.2. The number of fused-ring (bicyclic) bond motifs is 1. The molecule has 1 atom stereocenters. The maximum Gasteiger partial charge on any atom is 0.262 e. The number of benzene rings is 1. The first-order valence-electron chi connectivity index (χ1n) is 6.72. The average molecular weight is 314 g/mol. The van der Waals surface area contributed by atoms with E-state index in [1.165, 1.54) is 10.4 Å². The second kappa shape index (κ2) is 6.33. The molecular formula is C16H14N2OS2. The summed E-state index contributed by atoms with van der Waals surface area (Å²) in [5.74, 6) is 1.95. The minimum atomic E-state index is -0.604. The Kier molecular flexibility index (Phi) is 4.28. The summed E-state index contributed by atoms with van der Waals surface area (Å²) in [4.78, 5) is 14.4. The zero-order valence-electron chi connectivity index (χ0n) is 11.3. The molecule has 0 saturated carbocycles. The smallest absolute Gasteiger partial charge is 0.262 e. The molecule has 0 saturated heterocycles. The molecule has 1 aliphatic heterocycles. The quantitative estimate of drug-likeness (QED) is 0.943. The third kappa shape index (κ3) is 3.12. The zero-order valence-corrected chi connectivity index (χ0v) is 13.0. The summed E-state index contributed by atoms with van der Waals surface area (Å²) in [6.07, 6.45) is 1.04. The molecule has 3 rings (SSSR count). The summed E-state index contributed by atoms with van der Waals surface area (Å²) < 4.78 is 0. The van der Waals surface area contributed by atoms with Gasteiger partial charge in [-0.05, 0) is 29.4 Å². The molecular weight excluding hydrogens is 300 g/mol. The number of hydrogen-bond donors (Lipinski definition) is 1. The van der Waals surface area contributed by atoms with Crippen LogP contribution in [0.2, 0.25) is 0 Å². The van der Waals surface area contributed by atoms with Crippen LogP contribution in [-0.4, -0.2) is 11.7 Å². The lowest BCUT2D eigenvalue weighted by atomic mass is 10.1. The number of amides is 1. The van der Waals surface area contributed by atoms with E-state index < -0.39 is 6.04 Å². The largest absolute Gasteiger partial charge is 0.332 e. The van der Waals surface area contributed by atoms with Crippen molar-refractivity contribution < 1.29 is 4.79 Å². The lowest BCUT2D eigenvalue weighted by Crippen LogP contribution is -2.26. The van der Waals surface area contributed by atoms with E-state index in [0.717, 1.165) is 23.5 Å². The molecule has 1 unspecified atom stereocenters. The summed E-state index contributed by atoms with van der Waals surface area (Å²) in [7, 11) is 0. The Balaban J connectivity index is 1.76. The number of thioether (sulfide) groups is 1. The second-order valence-electron chi connectivity index (χ2n) is 4.81. The van der Waals surface area contributed by atoms with Crippen LogP contribution in [0.5, 0.6) is 0 Å². The van der Waals surface area contributed by atoms with Gasteiger partial charge in [-0.15, -0.1) is 11.3 Å². The van der Waals surface area contributed by atoms with E-state index in [4.69, 9.17) is 0 Å². The molecule has 1 aromatic heterocycles. The van der Waals surface area contributed by atoms with Gasteiger partial charge in [0.1, 0.15) is 6.04 Å². The lowest BCUT2D eigenvalue weighted by Gasteiger charge is -2.10. The van der Waals surface area contributed by atoms with Gasteiger partial charge in [0.25, 0.3) is 5.91 Å². The maximum absolute atomic E-state index is 12.3. The minimum Gasteiger partial charge on any atom is -0.332 e. The number of aryl methyl sites for hydroxylation is 1. The summed E-state index contributed by atoms with van der Waals surface area (Å²) in [5.41, 5.74) is 2.08. The Morgan fingerprint density at radius 1 is 1.33 bits per heavy atom. The van der Waals surface area contributed by atoms with Crippen LogP contribution in [0.3, 0.4) is 0 Å². The van der Waals surface area contributed by atoms with Crippen molar-refractivity contribution >= 4 is 29.0 Å². The summed E-state index contributed by atoms with van der Waals surface area (Å²) in [6, 6.07) is 12.9. The number of carbonyl (C=O) groups is 1. The molecule has 0 bridgehead atoms. The number of nitrogens with zero attached hydrogens (tertiary/aromatic N) is 1. The summed E-state index contributed by atoms with van der Waals surface area (Å²) in [6.45, 7) is 0. The van der Waals surface area contributed by atoms with Crippen molar-refractivity contribution in [3.05, 3.63) is 57.3 Å². The Hall–Kier alpha value is -1.77. The van der Waals surface area contributed by atoms with Crippen LogP contribution >= 0.6 is 23.1 Å². The van der Waals surface area contributed by atoms with Crippen LogP contribution in [0.15, 0.2) is 36.4 Å². The Morgan fingerprint density at radius 3 is 2.86 bits per heavy atom. The Bertz CT molecular complexity index is 665. The van der Waals surface area contributed by atoms with E-state index >= 15 is 0 Å². The molecule has 0 spiro atoms. The molecule has 0 fully saturated rings. The highest BCUT2D eigenvalue weighted by atomic mass is 32.2. The molecule has 1 aromatic carbocycles. The predicted octanol–water partition coefficient (Wildman–Crippen LogP) is 3.53. The van der Waals surface area contributed by atoms with Crippen molar-refractivity contribution in [2.75, 3.05) is 5.75 Å². The number of nitrogens with one attached hydrogen (secondary N) is 1. The number of nitriles is 1. The van der Waals surface area contributed by atoms with Crippen molar-refractivity contribution in [3.8, 4) is 6.07 Å². The fraction of sp³-hybridized carbons (Fsp3) is 0.250. The molecule has 1 N–H and O–H groups in total. The van der Waals surface area contributed by atoms with Gasteiger partial charge < -0.3 is 5.32 Å². The first-order chi connectivity index (χ1) is 10.3. The van der Waals surface area contributed by atoms with Gasteiger partial charge in [0.05, 0.1) is 10.9 Å². The van der Waals surface area contributed by atoms with E-state index in [1.54, 1.807) is 11.3 Å². The molecule has 2 aromatic rings. The van der Waals surface area contributed by atoms with Gasteiger partial charge in [-0.3, -0.25) is 4.79 Å². The number of thiophene rings is 1. The van der Waals surface area contributed by atoms with Crippen molar-refractivity contribution in [2.45, 2.75) is 18.2 Å². The molecule has 21 heavy (non-hydrogen) atoms. The van der Waals surface area contributed by atoms with Crippen LogP contribution in [-0.2, 0) is 12.2 Å². The minimum absolute atomic E-state index is 0.158. The van der Waals surface area contributed by atoms with Crippen LogP contribution in [0, 0.1) is 11.3 Å². The van der Waals surface area contributed by atoms with E-state index in [2.05, 4.69) is 11.4 Å². The highest BCUT2D eigenvalue weighted by molar-refractivity contribution is 7.98. The molecule has 1 aliphatic rings. The van der Waals surface area contributed by atoms with Crippen molar-refractivity contribution in [1.29, 1.82) is 5.26 Å². The summed E-state index contributed by atoms with van der Waals surface area (Å²) >= 11 is 3.46. The van der Waals surface area contributed by atoms with Gasteiger partial charge in [-0.1, -0.05) is 30.3 Å². The van der Waals surface area contributed by atoms with Gasteiger partial charge in [-0.2, -0.15) is 17.0 Å². The third-order valence-electron chi connectivity index (χ3n) is 3.39. The second-order valence-corrected chi connectivity index (χ2v) is 7.05. The highest BCUT2D eigenvalue weighted by Gasteiger charge is 2.20. The molecule has 3 nitrogen and oxygen atoms in total. The van der Waals surface area contributed by atoms with E-state index in [9.17, 15) is 10.1 Å². The van der Waals surface area contributed by atoms with Gasteiger partial charge in [0.15, 0.2) is 0 Å². The third-order valence-corrected chi connectivity index (χ3v) is 5.63. The Labute approximate surface area is 132 Å². The van der Waals surface area contributed by atoms with Crippen LogP contribution < -0.4 is 5.32 Å². The molecule has 1 amide bonds. The van der Waals surface area contributed by atoms with E-state index in [0.29, 0.717) is 4.88 Å². The topological polar surface area (TPSA) is 52.9 Å². The van der Waals surface area contributed by atoms with Crippen LogP contribution in [0.4, 0.5) is 0 Å². The lowest BCUT2D eigenvalue weighted by molar-refractivity contribution is 0.0949. The van der Waals surface area contributed by atoms with Crippen molar-refractivity contribution in [1.82, 2.24) is 5.32 Å². The summed E-state index contributed by atoms with van der Waals surface area (Å²) in [5, 5.41) is 12.1. The molecule has 5 heteroatoms. The fourth-order valence-corrected chi connectivity index (χ4v) is 4.57. The molecule has 106 valence electrons. The van der Waals surface area contributed by atoms with Gasteiger partial charge in [0.2, 0.25) is 0 Å². The molecule has 2 heterocycles. The monoisotopic (exact) mass is 314 g/mol. The van der Waals surface area contributed by atoms with Crippen molar-refractivity contribution in [3.63, 3.8) is 0 Å². The maximum atomic E-state index is 12.3. The highest BCUT2D eigenvalue weighted by Crippen LogP contribution is 2.31. The normalized spacial score (nSPS) is 14.8.